The Hall–Kier alpha value is -2.06. The zero-order chi connectivity index (χ0) is 16.5. The standard InChI is InChI=1S/C18H25N3O2/c1-2-20(13-10-19)14-16-8-11-21(12-9-16)18(22)23-15-17-6-4-3-5-7-17/h3-7,16H,2,8-9,11-15H2,1H3. The first kappa shape index (κ1) is 17.3. The number of nitriles is 1. The molecule has 0 spiro atoms. The molecule has 1 aliphatic rings. The van der Waals surface area contributed by atoms with E-state index in [4.69, 9.17) is 10.00 Å². The Balaban J connectivity index is 1.71. The van der Waals surface area contributed by atoms with Crippen molar-refractivity contribution >= 4 is 6.09 Å². The molecular formula is C18H25N3O2. The van der Waals surface area contributed by atoms with Crippen molar-refractivity contribution < 1.29 is 9.53 Å². The van der Waals surface area contributed by atoms with Crippen LogP contribution in [0.25, 0.3) is 0 Å². The van der Waals surface area contributed by atoms with Gasteiger partial charge in [-0.25, -0.2) is 4.79 Å². The van der Waals surface area contributed by atoms with Crippen LogP contribution in [0.4, 0.5) is 4.79 Å². The lowest BCUT2D eigenvalue weighted by Gasteiger charge is -2.33. The molecule has 1 aliphatic heterocycles. The number of rotatable bonds is 6. The highest BCUT2D eigenvalue weighted by molar-refractivity contribution is 5.67. The van der Waals surface area contributed by atoms with Gasteiger partial charge in [0.05, 0.1) is 12.6 Å². The van der Waals surface area contributed by atoms with Gasteiger partial charge < -0.3 is 9.64 Å². The number of carbonyl (C=O) groups is 1. The van der Waals surface area contributed by atoms with Gasteiger partial charge in [-0.2, -0.15) is 5.26 Å². The van der Waals surface area contributed by atoms with Crippen LogP contribution in [0.1, 0.15) is 25.3 Å². The maximum atomic E-state index is 12.1. The van der Waals surface area contributed by atoms with Crippen LogP contribution in [-0.4, -0.2) is 48.6 Å². The SMILES string of the molecule is CCN(CC#N)CC1CCN(C(=O)OCc2ccccc2)CC1. The van der Waals surface area contributed by atoms with E-state index in [0.29, 0.717) is 19.1 Å². The lowest BCUT2D eigenvalue weighted by molar-refractivity contribution is 0.0782. The minimum atomic E-state index is -0.225. The molecule has 1 amide bonds. The van der Waals surface area contributed by atoms with E-state index in [1.54, 1.807) is 4.90 Å². The molecule has 1 aromatic rings. The molecule has 0 atom stereocenters. The Bertz CT molecular complexity index is 519. The minimum Gasteiger partial charge on any atom is -0.445 e. The van der Waals surface area contributed by atoms with Crippen LogP contribution in [0.15, 0.2) is 30.3 Å². The summed E-state index contributed by atoms with van der Waals surface area (Å²) in [6.07, 6.45) is 1.72. The predicted molar refractivity (Wildman–Crippen MR) is 88.7 cm³/mol. The molecule has 0 aliphatic carbocycles. The Morgan fingerprint density at radius 2 is 2.04 bits per heavy atom. The van der Waals surface area contributed by atoms with Crippen LogP contribution in [0.2, 0.25) is 0 Å². The summed E-state index contributed by atoms with van der Waals surface area (Å²) < 4.78 is 5.38. The third kappa shape index (κ3) is 5.57. The van der Waals surface area contributed by atoms with Crippen LogP contribution in [-0.2, 0) is 11.3 Å². The number of hydrogen-bond acceptors (Lipinski definition) is 4. The van der Waals surface area contributed by atoms with Crippen molar-refractivity contribution in [2.75, 3.05) is 32.7 Å². The normalized spacial score (nSPS) is 15.4. The summed E-state index contributed by atoms with van der Waals surface area (Å²) in [4.78, 5) is 16.1. The number of likely N-dealkylation sites (tertiary alicyclic amines) is 1. The van der Waals surface area contributed by atoms with E-state index in [1.807, 2.05) is 30.3 Å². The summed E-state index contributed by atoms with van der Waals surface area (Å²) in [5.41, 5.74) is 1.01. The van der Waals surface area contributed by atoms with Gasteiger partial charge >= 0.3 is 6.09 Å². The largest absolute Gasteiger partial charge is 0.445 e. The molecule has 0 bridgehead atoms. The predicted octanol–water partition coefficient (Wildman–Crippen LogP) is 2.88. The van der Waals surface area contributed by atoms with Crippen molar-refractivity contribution in [2.24, 2.45) is 5.92 Å². The van der Waals surface area contributed by atoms with Gasteiger partial charge in [0.2, 0.25) is 0 Å². The van der Waals surface area contributed by atoms with E-state index >= 15 is 0 Å². The molecule has 124 valence electrons. The smallest absolute Gasteiger partial charge is 0.410 e. The summed E-state index contributed by atoms with van der Waals surface area (Å²) >= 11 is 0. The summed E-state index contributed by atoms with van der Waals surface area (Å²) in [6, 6.07) is 11.9. The van der Waals surface area contributed by atoms with E-state index in [-0.39, 0.29) is 6.09 Å². The van der Waals surface area contributed by atoms with Crippen molar-refractivity contribution in [1.82, 2.24) is 9.80 Å². The fourth-order valence-electron chi connectivity index (χ4n) is 2.88. The Morgan fingerprint density at radius 1 is 1.35 bits per heavy atom. The molecule has 1 fully saturated rings. The van der Waals surface area contributed by atoms with Gasteiger partial charge in [0.1, 0.15) is 6.61 Å². The molecule has 1 saturated heterocycles. The van der Waals surface area contributed by atoms with Gasteiger partial charge in [-0.15, -0.1) is 0 Å². The van der Waals surface area contributed by atoms with E-state index in [1.165, 1.54) is 0 Å². The fourth-order valence-corrected chi connectivity index (χ4v) is 2.88. The third-order valence-electron chi connectivity index (χ3n) is 4.34. The molecule has 0 unspecified atom stereocenters. The van der Waals surface area contributed by atoms with Crippen LogP contribution in [0, 0.1) is 17.2 Å². The summed E-state index contributed by atoms with van der Waals surface area (Å²) in [5, 5.41) is 8.80. The quantitative estimate of drug-likeness (QED) is 0.757. The second-order valence-electron chi connectivity index (χ2n) is 5.96. The Kier molecular flexibility index (Phi) is 6.89. The first-order valence-electron chi connectivity index (χ1n) is 8.27. The van der Waals surface area contributed by atoms with Crippen LogP contribution < -0.4 is 0 Å². The molecule has 2 rings (SSSR count). The molecule has 0 aromatic heterocycles. The first-order chi connectivity index (χ1) is 11.2. The van der Waals surface area contributed by atoms with Gasteiger partial charge in [-0.3, -0.25) is 4.90 Å². The number of ether oxygens (including phenoxy) is 1. The average molecular weight is 315 g/mol. The summed E-state index contributed by atoms with van der Waals surface area (Å²) in [5.74, 6) is 0.557. The zero-order valence-corrected chi connectivity index (χ0v) is 13.8. The molecular weight excluding hydrogens is 290 g/mol. The number of hydrogen-bond donors (Lipinski definition) is 0. The van der Waals surface area contributed by atoms with Crippen molar-refractivity contribution in [3.8, 4) is 6.07 Å². The fraction of sp³-hybridized carbons (Fsp3) is 0.556. The average Bonchev–Trinajstić information content (AvgIpc) is 2.60. The number of piperidine rings is 1. The molecule has 23 heavy (non-hydrogen) atoms. The van der Waals surface area contributed by atoms with Gasteiger partial charge in [0.15, 0.2) is 0 Å². The lowest BCUT2D eigenvalue weighted by atomic mass is 9.96. The molecule has 0 radical (unpaired) electrons. The number of nitrogens with zero attached hydrogens (tertiary/aromatic N) is 3. The van der Waals surface area contributed by atoms with Gasteiger partial charge in [-0.1, -0.05) is 37.3 Å². The van der Waals surface area contributed by atoms with Crippen molar-refractivity contribution in [2.45, 2.75) is 26.4 Å². The van der Waals surface area contributed by atoms with Crippen molar-refractivity contribution in [1.29, 1.82) is 5.26 Å². The second-order valence-corrected chi connectivity index (χ2v) is 5.96. The number of amides is 1. The highest BCUT2D eigenvalue weighted by Crippen LogP contribution is 2.19. The summed E-state index contributed by atoms with van der Waals surface area (Å²) in [7, 11) is 0. The van der Waals surface area contributed by atoms with E-state index < -0.39 is 0 Å². The minimum absolute atomic E-state index is 0.225. The van der Waals surface area contributed by atoms with E-state index in [9.17, 15) is 4.79 Å². The monoisotopic (exact) mass is 315 g/mol. The van der Waals surface area contributed by atoms with Crippen molar-refractivity contribution in [3.05, 3.63) is 35.9 Å². The maximum Gasteiger partial charge on any atom is 0.410 e. The van der Waals surface area contributed by atoms with Gasteiger partial charge in [0.25, 0.3) is 0 Å². The van der Waals surface area contributed by atoms with Crippen molar-refractivity contribution in [3.63, 3.8) is 0 Å². The van der Waals surface area contributed by atoms with E-state index in [0.717, 1.165) is 44.6 Å². The third-order valence-corrected chi connectivity index (χ3v) is 4.34. The van der Waals surface area contributed by atoms with Crippen LogP contribution in [0.5, 0.6) is 0 Å². The first-order valence-corrected chi connectivity index (χ1v) is 8.27. The molecule has 1 aromatic carbocycles. The molecule has 1 heterocycles. The molecule has 5 heteroatoms. The van der Waals surface area contributed by atoms with Crippen LogP contribution >= 0.6 is 0 Å². The van der Waals surface area contributed by atoms with Crippen LogP contribution in [0.3, 0.4) is 0 Å². The second kappa shape index (κ2) is 9.16. The number of carbonyl (C=O) groups excluding carboxylic acids is 1. The molecule has 0 N–H and O–H groups in total. The zero-order valence-electron chi connectivity index (χ0n) is 13.8. The Labute approximate surface area is 138 Å². The topological polar surface area (TPSA) is 56.6 Å². The van der Waals surface area contributed by atoms with E-state index in [2.05, 4.69) is 17.9 Å². The Morgan fingerprint density at radius 3 is 2.65 bits per heavy atom. The number of benzene rings is 1. The maximum absolute atomic E-state index is 12.1. The van der Waals surface area contributed by atoms with Gasteiger partial charge in [-0.05, 0) is 30.9 Å². The lowest BCUT2D eigenvalue weighted by Crippen LogP contribution is -2.41. The highest BCUT2D eigenvalue weighted by Gasteiger charge is 2.24. The highest BCUT2D eigenvalue weighted by atomic mass is 16.6. The molecule has 5 nitrogen and oxygen atoms in total. The van der Waals surface area contributed by atoms with Gasteiger partial charge in [0, 0.05) is 19.6 Å². The molecule has 0 saturated carbocycles. The summed E-state index contributed by atoms with van der Waals surface area (Å²) in [6.45, 7) is 6.20.